The van der Waals surface area contributed by atoms with E-state index in [1.165, 1.54) is 23.3 Å². The van der Waals surface area contributed by atoms with Gasteiger partial charge in [0.05, 0.1) is 11.2 Å². The maximum Gasteiger partial charge on any atom is 0.113 e. The van der Waals surface area contributed by atoms with E-state index in [2.05, 4.69) is 38.1 Å². The van der Waals surface area contributed by atoms with E-state index >= 15 is 0 Å². The van der Waals surface area contributed by atoms with E-state index in [1.807, 2.05) is 6.07 Å². The van der Waals surface area contributed by atoms with Gasteiger partial charge in [0.1, 0.15) is 5.01 Å². The standard InChI is InChI=1S/C17H22N2S/c1-12-7-6-10-17(18,11-12)16-19-15(13(2)20-16)14-8-4-3-5-9-14/h3-5,8-9,12H,6-7,10-11,18H2,1-2H3. The highest BCUT2D eigenvalue weighted by atomic mass is 32.1. The molecule has 2 unspecified atom stereocenters. The van der Waals surface area contributed by atoms with Crippen LogP contribution in [-0.2, 0) is 5.54 Å². The highest BCUT2D eigenvalue weighted by Gasteiger charge is 2.35. The predicted molar refractivity (Wildman–Crippen MR) is 85.8 cm³/mol. The van der Waals surface area contributed by atoms with E-state index in [0.29, 0.717) is 5.92 Å². The fourth-order valence-corrected chi connectivity index (χ4v) is 4.34. The minimum atomic E-state index is -0.208. The van der Waals surface area contributed by atoms with Crippen molar-refractivity contribution in [3.63, 3.8) is 0 Å². The van der Waals surface area contributed by atoms with Crippen molar-refractivity contribution in [2.24, 2.45) is 11.7 Å². The summed E-state index contributed by atoms with van der Waals surface area (Å²) in [7, 11) is 0. The molecular weight excluding hydrogens is 264 g/mol. The fraction of sp³-hybridized carbons (Fsp3) is 0.471. The van der Waals surface area contributed by atoms with Crippen LogP contribution in [0.1, 0.15) is 42.5 Å². The van der Waals surface area contributed by atoms with Crippen molar-refractivity contribution in [3.05, 3.63) is 40.2 Å². The van der Waals surface area contributed by atoms with Crippen molar-refractivity contribution in [2.75, 3.05) is 0 Å². The second-order valence-electron chi connectivity index (χ2n) is 6.15. The largest absolute Gasteiger partial charge is 0.319 e. The Morgan fingerprint density at radius 3 is 2.75 bits per heavy atom. The van der Waals surface area contributed by atoms with E-state index in [4.69, 9.17) is 10.7 Å². The lowest BCUT2D eigenvalue weighted by Gasteiger charge is -2.35. The lowest BCUT2D eigenvalue weighted by Crippen LogP contribution is -2.40. The molecule has 0 bridgehead atoms. The minimum Gasteiger partial charge on any atom is -0.319 e. The summed E-state index contributed by atoms with van der Waals surface area (Å²) >= 11 is 1.78. The highest BCUT2D eigenvalue weighted by molar-refractivity contribution is 7.12. The molecule has 2 N–H and O–H groups in total. The van der Waals surface area contributed by atoms with Crippen LogP contribution in [-0.4, -0.2) is 4.98 Å². The van der Waals surface area contributed by atoms with Gasteiger partial charge in [0.25, 0.3) is 0 Å². The van der Waals surface area contributed by atoms with Gasteiger partial charge < -0.3 is 5.73 Å². The summed E-state index contributed by atoms with van der Waals surface area (Å²) in [6, 6.07) is 10.4. The summed E-state index contributed by atoms with van der Waals surface area (Å²) in [5, 5.41) is 1.13. The first-order valence-corrected chi connectivity index (χ1v) is 8.22. The Morgan fingerprint density at radius 2 is 2.05 bits per heavy atom. The van der Waals surface area contributed by atoms with Crippen LogP contribution >= 0.6 is 11.3 Å². The molecule has 2 nitrogen and oxygen atoms in total. The normalized spacial score (nSPS) is 26.6. The van der Waals surface area contributed by atoms with E-state index in [9.17, 15) is 0 Å². The fourth-order valence-electron chi connectivity index (χ4n) is 3.26. The third-order valence-electron chi connectivity index (χ3n) is 4.30. The predicted octanol–water partition coefficient (Wildman–Crippen LogP) is 4.48. The van der Waals surface area contributed by atoms with Gasteiger partial charge in [-0.15, -0.1) is 11.3 Å². The van der Waals surface area contributed by atoms with Gasteiger partial charge in [-0.25, -0.2) is 4.98 Å². The molecule has 1 aromatic carbocycles. The highest BCUT2D eigenvalue weighted by Crippen LogP contribution is 2.41. The summed E-state index contributed by atoms with van der Waals surface area (Å²) in [5.74, 6) is 0.707. The lowest BCUT2D eigenvalue weighted by molar-refractivity contribution is 0.238. The average molecular weight is 286 g/mol. The molecule has 1 saturated carbocycles. The lowest BCUT2D eigenvalue weighted by atomic mass is 9.77. The number of nitrogens with two attached hydrogens (primary N) is 1. The molecule has 0 aliphatic heterocycles. The Balaban J connectivity index is 1.96. The smallest absolute Gasteiger partial charge is 0.113 e. The molecule has 3 heteroatoms. The van der Waals surface area contributed by atoms with Crippen LogP contribution in [0.2, 0.25) is 0 Å². The summed E-state index contributed by atoms with van der Waals surface area (Å²) < 4.78 is 0. The molecule has 0 saturated heterocycles. The van der Waals surface area contributed by atoms with Crippen LogP contribution in [0.3, 0.4) is 0 Å². The third-order valence-corrected chi connectivity index (χ3v) is 5.49. The molecule has 20 heavy (non-hydrogen) atoms. The molecule has 0 spiro atoms. The van der Waals surface area contributed by atoms with Gasteiger partial charge in [0.2, 0.25) is 0 Å². The number of aromatic nitrogens is 1. The Hall–Kier alpha value is -1.19. The second-order valence-corrected chi connectivity index (χ2v) is 7.35. The minimum absolute atomic E-state index is 0.208. The average Bonchev–Trinajstić information content (AvgIpc) is 2.82. The van der Waals surface area contributed by atoms with Gasteiger partial charge >= 0.3 is 0 Å². The van der Waals surface area contributed by atoms with Gasteiger partial charge in [-0.05, 0) is 25.7 Å². The molecule has 2 aromatic rings. The summed E-state index contributed by atoms with van der Waals surface area (Å²) in [6.07, 6.45) is 4.65. The first-order valence-electron chi connectivity index (χ1n) is 7.41. The zero-order valence-corrected chi connectivity index (χ0v) is 13.0. The summed E-state index contributed by atoms with van der Waals surface area (Å²) in [4.78, 5) is 6.18. The molecule has 106 valence electrons. The summed E-state index contributed by atoms with van der Waals surface area (Å²) in [6.45, 7) is 4.46. The molecule has 2 atom stereocenters. The number of aryl methyl sites for hydroxylation is 1. The van der Waals surface area contributed by atoms with Crippen LogP contribution < -0.4 is 5.73 Å². The SMILES string of the molecule is Cc1sc(C2(N)CCCC(C)C2)nc1-c1ccccc1. The van der Waals surface area contributed by atoms with Crippen LogP contribution in [0, 0.1) is 12.8 Å². The Kier molecular flexibility index (Phi) is 3.65. The van der Waals surface area contributed by atoms with Crippen LogP contribution in [0.5, 0.6) is 0 Å². The van der Waals surface area contributed by atoms with Crippen molar-refractivity contribution in [3.8, 4) is 11.3 Å². The molecule has 0 radical (unpaired) electrons. The molecular formula is C17H22N2S. The molecule has 0 amide bonds. The third kappa shape index (κ3) is 2.52. The van der Waals surface area contributed by atoms with Crippen molar-refractivity contribution in [1.29, 1.82) is 0 Å². The number of hydrogen-bond acceptors (Lipinski definition) is 3. The van der Waals surface area contributed by atoms with Crippen molar-refractivity contribution in [1.82, 2.24) is 4.98 Å². The van der Waals surface area contributed by atoms with Crippen molar-refractivity contribution in [2.45, 2.75) is 45.1 Å². The number of nitrogens with zero attached hydrogens (tertiary/aromatic N) is 1. The molecule has 1 aliphatic carbocycles. The van der Waals surface area contributed by atoms with Gasteiger partial charge in [0.15, 0.2) is 0 Å². The zero-order valence-electron chi connectivity index (χ0n) is 12.2. The van der Waals surface area contributed by atoms with Gasteiger partial charge in [-0.1, -0.05) is 50.1 Å². The van der Waals surface area contributed by atoms with Crippen molar-refractivity contribution < 1.29 is 0 Å². The van der Waals surface area contributed by atoms with E-state index in [-0.39, 0.29) is 5.54 Å². The molecule has 3 rings (SSSR count). The Labute approximate surface area is 125 Å². The Bertz CT molecular complexity index is 590. The molecule has 1 heterocycles. The summed E-state index contributed by atoms with van der Waals surface area (Å²) in [5.41, 5.74) is 8.77. The molecule has 1 fully saturated rings. The number of thiazole rings is 1. The zero-order chi connectivity index (χ0) is 14.2. The maximum atomic E-state index is 6.68. The van der Waals surface area contributed by atoms with E-state index < -0.39 is 0 Å². The van der Waals surface area contributed by atoms with E-state index in [0.717, 1.165) is 23.5 Å². The van der Waals surface area contributed by atoms with Crippen LogP contribution in [0.25, 0.3) is 11.3 Å². The van der Waals surface area contributed by atoms with Gasteiger partial charge in [-0.3, -0.25) is 0 Å². The van der Waals surface area contributed by atoms with Crippen LogP contribution in [0.15, 0.2) is 30.3 Å². The van der Waals surface area contributed by atoms with Gasteiger partial charge in [-0.2, -0.15) is 0 Å². The number of rotatable bonds is 2. The first-order chi connectivity index (χ1) is 9.58. The molecule has 1 aromatic heterocycles. The Morgan fingerprint density at radius 1 is 1.30 bits per heavy atom. The van der Waals surface area contributed by atoms with Crippen LogP contribution in [0.4, 0.5) is 0 Å². The number of hydrogen-bond donors (Lipinski definition) is 1. The quantitative estimate of drug-likeness (QED) is 0.884. The monoisotopic (exact) mass is 286 g/mol. The van der Waals surface area contributed by atoms with Crippen molar-refractivity contribution >= 4 is 11.3 Å². The van der Waals surface area contributed by atoms with E-state index in [1.54, 1.807) is 11.3 Å². The topological polar surface area (TPSA) is 38.9 Å². The van der Waals surface area contributed by atoms with Gasteiger partial charge in [0, 0.05) is 10.4 Å². The molecule has 1 aliphatic rings. The number of benzene rings is 1. The second kappa shape index (κ2) is 5.30. The maximum absolute atomic E-state index is 6.68. The first kappa shape index (κ1) is 13.8.